The van der Waals surface area contributed by atoms with Crippen molar-refractivity contribution in [3.63, 3.8) is 0 Å². The molecule has 0 saturated carbocycles. The van der Waals surface area contributed by atoms with E-state index in [1.807, 2.05) is 6.07 Å². The summed E-state index contributed by atoms with van der Waals surface area (Å²) in [4.78, 5) is 13.2. The molecule has 0 atom stereocenters. The molecule has 0 spiro atoms. The fourth-order valence-electron chi connectivity index (χ4n) is 3.89. The van der Waals surface area contributed by atoms with Gasteiger partial charge in [-0.15, -0.1) is 0 Å². The predicted octanol–water partition coefficient (Wildman–Crippen LogP) is 3.53. The van der Waals surface area contributed by atoms with Gasteiger partial charge in [-0.05, 0) is 36.0 Å². The zero-order valence-corrected chi connectivity index (χ0v) is 14.8. The standard InChI is InChI=1S/C21H23N3O2/c25-24(26)19-9-8-17-6-3-7-21(20(17)14-19)22-11-13-23-12-10-16-4-1-2-5-18(16)15-23/h1-2,4-5,7-9,14,22H,3,6,10-13,15H2. The smallest absolute Gasteiger partial charge is 0.270 e. The first-order chi connectivity index (χ1) is 12.7. The number of non-ortho nitro benzene ring substituents is 1. The lowest BCUT2D eigenvalue weighted by Gasteiger charge is -2.29. The van der Waals surface area contributed by atoms with Crippen LogP contribution in [0.5, 0.6) is 0 Å². The Bertz CT molecular complexity index is 860. The van der Waals surface area contributed by atoms with E-state index in [1.54, 1.807) is 12.1 Å². The number of allylic oxidation sites excluding steroid dienone is 1. The minimum absolute atomic E-state index is 0.158. The van der Waals surface area contributed by atoms with Gasteiger partial charge in [0.1, 0.15) is 0 Å². The number of benzene rings is 2. The minimum atomic E-state index is -0.322. The molecule has 0 fully saturated rings. The Hall–Kier alpha value is -2.66. The molecular formula is C21H23N3O2. The number of rotatable bonds is 5. The van der Waals surface area contributed by atoms with E-state index in [0.29, 0.717) is 0 Å². The molecule has 5 heteroatoms. The highest BCUT2D eigenvalue weighted by molar-refractivity contribution is 5.70. The SMILES string of the molecule is O=[N+]([O-])c1ccc2c(c1)C(NCCN1CCc3ccccc3C1)=CCC2. The monoisotopic (exact) mass is 349 g/mol. The molecule has 1 heterocycles. The number of hydrogen-bond acceptors (Lipinski definition) is 4. The lowest BCUT2D eigenvalue weighted by molar-refractivity contribution is -0.384. The Balaban J connectivity index is 1.38. The van der Waals surface area contributed by atoms with Gasteiger partial charge >= 0.3 is 0 Å². The molecule has 0 unspecified atom stereocenters. The van der Waals surface area contributed by atoms with E-state index in [4.69, 9.17) is 0 Å². The second-order valence-electron chi connectivity index (χ2n) is 6.98. The summed E-state index contributed by atoms with van der Waals surface area (Å²) in [5.41, 5.74) is 6.25. The summed E-state index contributed by atoms with van der Waals surface area (Å²) in [7, 11) is 0. The van der Waals surface area contributed by atoms with Crippen LogP contribution in [-0.2, 0) is 19.4 Å². The highest BCUT2D eigenvalue weighted by Crippen LogP contribution is 2.28. The van der Waals surface area contributed by atoms with Gasteiger partial charge in [-0.2, -0.15) is 0 Å². The van der Waals surface area contributed by atoms with Crippen molar-refractivity contribution in [3.05, 3.63) is 80.9 Å². The van der Waals surface area contributed by atoms with E-state index in [2.05, 4.69) is 40.6 Å². The van der Waals surface area contributed by atoms with Gasteiger partial charge in [0.25, 0.3) is 5.69 Å². The fourth-order valence-corrected chi connectivity index (χ4v) is 3.89. The van der Waals surface area contributed by atoms with Crippen LogP contribution >= 0.6 is 0 Å². The third-order valence-corrected chi connectivity index (χ3v) is 5.31. The van der Waals surface area contributed by atoms with Crippen molar-refractivity contribution in [2.24, 2.45) is 0 Å². The van der Waals surface area contributed by atoms with Crippen LogP contribution in [-0.4, -0.2) is 29.5 Å². The summed E-state index contributed by atoms with van der Waals surface area (Å²) in [5.74, 6) is 0. The summed E-state index contributed by atoms with van der Waals surface area (Å²) in [5, 5.41) is 14.6. The number of nitro benzene ring substituents is 1. The van der Waals surface area contributed by atoms with Crippen LogP contribution in [0.15, 0.2) is 48.5 Å². The van der Waals surface area contributed by atoms with E-state index in [0.717, 1.165) is 56.7 Å². The normalized spacial score (nSPS) is 16.4. The topological polar surface area (TPSA) is 58.4 Å². The van der Waals surface area contributed by atoms with Gasteiger partial charge in [-0.25, -0.2) is 0 Å². The van der Waals surface area contributed by atoms with Crippen molar-refractivity contribution in [2.75, 3.05) is 19.6 Å². The maximum Gasteiger partial charge on any atom is 0.270 e. The van der Waals surface area contributed by atoms with E-state index in [9.17, 15) is 10.1 Å². The van der Waals surface area contributed by atoms with Crippen LogP contribution < -0.4 is 5.32 Å². The molecule has 26 heavy (non-hydrogen) atoms. The minimum Gasteiger partial charge on any atom is -0.384 e. The first kappa shape index (κ1) is 16.8. The second-order valence-corrected chi connectivity index (χ2v) is 6.98. The van der Waals surface area contributed by atoms with Crippen LogP contribution in [0.4, 0.5) is 5.69 Å². The van der Waals surface area contributed by atoms with E-state index < -0.39 is 0 Å². The zero-order valence-electron chi connectivity index (χ0n) is 14.8. The number of hydrogen-bond donors (Lipinski definition) is 1. The molecule has 0 amide bonds. The van der Waals surface area contributed by atoms with Gasteiger partial charge in [0.05, 0.1) is 4.92 Å². The first-order valence-electron chi connectivity index (χ1n) is 9.21. The van der Waals surface area contributed by atoms with Crippen molar-refractivity contribution in [3.8, 4) is 0 Å². The number of nitrogens with one attached hydrogen (secondary N) is 1. The molecule has 0 saturated heterocycles. The molecule has 2 aliphatic rings. The van der Waals surface area contributed by atoms with Crippen molar-refractivity contribution >= 4 is 11.4 Å². The van der Waals surface area contributed by atoms with Crippen LogP contribution in [0, 0.1) is 10.1 Å². The average Bonchev–Trinajstić information content (AvgIpc) is 2.67. The lowest BCUT2D eigenvalue weighted by atomic mass is 9.94. The molecule has 1 N–H and O–H groups in total. The van der Waals surface area contributed by atoms with Crippen molar-refractivity contribution in [1.29, 1.82) is 0 Å². The van der Waals surface area contributed by atoms with Crippen molar-refractivity contribution in [1.82, 2.24) is 10.2 Å². The third-order valence-electron chi connectivity index (χ3n) is 5.31. The molecule has 134 valence electrons. The third kappa shape index (κ3) is 3.48. The average molecular weight is 349 g/mol. The Kier molecular flexibility index (Phi) is 4.71. The Morgan fingerprint density at radius 1 is 1.08 bits per heavy atom. The van der Waals surface area contributed by atoms with Crippen LogP contribution in [0.1, 0.15) is 28.7 Å². The molecule has 0 aromatic heterocycles. The van der Waals surface area contributed by atoms with Crippen LogP contribution in [0.25, 0.3) is 5.70 Å². The summed E-state index contributed by atoms with van der Waals surface area (Å²) in [6.07, 6.45) is 5.19. The van der Waals surface area contributed by atoms with Gasteiger partial charge < -0.3 is 5.32 Å². The van der Waals surface area contributed by atoms with Crippen LogP contribution in [0.2, 0.25) is 0 Å². The summed E-state index contributed by atoms with van der Waals surface area (Å²) < 4.78 is 0. The molecule has 1 aliphatic carbocycles. The maximum atomic E-state index is 11.1. The van der Waals surface area contributed by atoms with Crippen LogP contribution in [0.3, 0.4) is 0 Å². The van der Waals surface area contributed by atoms with Crippen molar-refractivity contribution in [2.45, 2.75) is 25.8 Å². The quantitative estimate of drug-likeness (QED) is 0.663. The molecule has 0 bridgehead atoms. The zero-order chi connectivity index (χ0) is 17.9. The molecule has 2 aromatic carbocycles. The largest absolute Gasteiger partial charge is 0.384 e. The first-order valence-corrected chi connectivity index (χ1v) is 9.21. The number of nitrogens with zero attached hydrogens (tertiary/aromatic N) is 2. The van der Waals surface area contributed by atoms with E-state index in [-0.39, 0.29) is 10.6 Å². The highest BCUT2D eigenvalue weighted by Gasteiger charge is 2.18. The molecule has 4 rings (SSSR count). The second kappa shape index (κ2) is 7.30. The Morgan fingerprint density at radius 3 is 2.77 bits per heavy atom. The molecule has 5 nitrogen and oxygen atoms in total. The highest BCUT2D eigenvalue weighted by atomic mass is 16.6. The van der Waals surface area contributed by atoms with Crippen molar-refractivity contribution < 1.29 is 4.92 Å². The van der Waals surface area contributed by atoms with Gasteiger partial charge in [0.2, 0.25) is 0 Å². The summed E-state index contributed by atoms with van der Waals surface area (Å²) in [6.45, 7) is 3.89. The molecule has 0 radical (unpaired) electrons. The number of nitro groups is 1. The van der Waals surface area contributed by atoms with E-state index in [1.165, 1.54) is 16.7 Å². The van der Waals surface area contributed by atoms with Gasteiger partial charge in [0.15, 0.2) is 0 Å². The number of fused-ring (bicyclic) bond motifs is 2. The maximum absolute atomic E-state index is 11.1. The predicted molar refractivity (Wildman–Crippen MR) is 103 cm³/mol. The summed E-state index contributed by atoms with van der Waals surface area (Å²) in [6, 6.07) is 13.9. The Morgan fingerprint density at radius 2 is 1.92 bits per heavy atom. The summed E-state index contributed by atoms with van der Waals surface area (Å²) >= 11 is 0. The van der Waals surface area contributed by atoms with E-state index >= 15 is 0 Å². The Labute approximate surface area is 153 Å². The molecule has 2 aromatic rings. The van der Waals surface area contributed by atoms with Gasteiger partial charge in [-0.1, -0.05) is 36.4 Å². The fraction of sp³-hybridized carbons (Fsp3) is 0.333. The lowest BCUT2D eigenvalue weighted by Crippen LogP contribution is -2.36. The van der Waals surface area contributed by atoms with Gasteiger partial charge in [0, 0.05) is 49.6 Å². The molecule has 1 aliphatic heterocycles. The molecular weight excluding hydrogens is 326 g/mol. The number of aryl methyl sites for hydroxylation is 1. The van der Waals surface area contributed by atoms with Gasteiger partial charge in [-0.3, -0.25) is 15.0 Å².